The second kappa shape index (κ2) is 7.99. The smallest absolute Gasteiger partial charge is 0.300 e. The highest BCUT2D eigenvalue weighted by molar-refractivity contribution is 6.51. The van der Waals surface area contributed by atoms with Crippen LogP contribution in [0.2, 0.25) is 0 Å². The lowest BCUT2D eigenvalue weighted by atomic mass is 9.94. The number of Topliss-reactive ketones (excluding diaryl/α,β-unsaturated/α-hetero) is 1. The van der Waals surface area contributed by atoms with Gasteiger partial charge in [0.1, 0.15) is 11.5 Å². The number of carbonyl (C=O) groups is 2. The first-order chi connectivity index (χ1) is 15.3. The number of phenols is 1. The second-order valence-corrected chi connectivity index (χ2v) is 7.35. The van der Waals surface area contributed by atoms with Crippen molar-refractivity contribution in [3.8, 4) is 5.75 Å². The molecule has 0 saturated carbocycles. The number of benzene rings is 3. The summed E-state index contributed by atoms with van der Waals surface area (Å²) in [5.41, 5.74) is 1.31. The molecule has 1 atom stereocenters. The Morgan fingerprint density at radius 2 is 1.69 bits per heavy atom. The number of amides is 1. The number of aliphatic hydroxyl groups excluding tert-OH is 1. The molecule has 0 aliphatic carbocycles. The van der Waals surface area contributed by atoms with Crippen molar-refractivity contribution in [1.82, 2.24) is 0 Å². The van der Waals surface area contributed by atoms with Gasteiger partial charge in [-0.3, -0.25) is 24.6 Å². The van der Waals surface area contributed by atoms with Crippen molar-refractivity contribution in [3.05, 3.63) is 105 Å². The van der Waals surface area contributed by atoms with Gasteiger partial charge in [0.2, 0.25) is 0 Å². The third kappa shape index (κ3) is 3.47. The molecule has 0 aromatic heterocycles. The summed E-state index contributed by atoms with van der Waals surface area (Å²) in [5, 5.41) is 31.9. The predicted octanol–water partition coefficient (Wildman–Crippen LogP) is 4.24. The van der Waals surface area contributed by atoms with Gasteiger partial charge >= 0.3 is 0 Å². The maximum Gasteiger partial charge on any atom is 0.300 e. The first kappa shape index (κ1) is 20.8. The molecule has 32 heavy (non-hydrogen) atoms. The van der Waals surface area contributed by atoms with E-state index in [0.717, 1.165) is 11.6 Å². The molecule has 0 spiro atoms. The van der Waals surface area contributed by atoms with Crippen molar-refractivity contribution in [2.75, 3.05) is 4.90 Å². The molecule has 160 valence electrons. The number of rotatable bonds is 4. The SMILES string of the molecule is Cc1ccccc1N1C(=O)C(=O)/C(=C(\O)c2cccc([N+](=O)[O-])c2)C1c1ccc(O)cc1. The van der Waals surface area contributed by atoms with E-state index in [1.165, 1.54) is 35.2 Å². The fourth-order valence-corrected chi connectivity index (χ4v) is 3.81. The molecule has 4 rings (SSSR count). The van der Waals surface area contributed by atoms with Crippen molar-refractivity contribution in [3.63, 3.8) is 0 Å². The van der Waals surface area contributed by atoms with Crippen LogP contribution in [-0.4, -0.2) is 26.8 Å². The van der Waals surface area contributed by atoms with Gasteiger partial charge < -0.3 is 10.2 Å². The Labute approximate surface area is 182 Å². The van der Waals surface area contributed by atoms with Crippen LogP contribution in [0.3, 0.4) is 0 Å². The van der Waals surface area contributed by atoms with Gasteiger partial charge in [-0.2, -0.15) is 0 Å². The Balaban J connectivity index is 1.97. The minimum absolute atomic E-state index is 0.000257. The predicted molar refractivity (Wildman–Crippen MR) is 117 cm³/mol. The molecule has 2 N–H and O–H groups in total. The molecule has 8 heteroatoms. The second-order valence-electron chi connectivity index (χ2n) is 7.35. The first-order valence-electron chi connectivity index (χ1n) is 9.70. The molecule has 1 saturated heterocycles. The van der Waals surface area contributed by atoms with Crippen molar-refractivity contribution < 1.29 is 24.7 Å². The number of hydrogen-bond donors (Lipinski definition) is 2. The van der Waals surface area contributed by atoms with Crippen molar-refractivity contribution in [2.24, 2.45) is 0 Å². The molecule has 3 aromatic rings. The van der Waals surface area contributed by atoms with Gasteiger partial charge in [-0.1, -0.05) is 42.5 Å². The number of nitro benzene ring substituents is 1. The topological polar surface area (TPSA) is 121 Å². The Kier molecular flexibility index (Phi) is 5.19. The minimum atomic E-state index is -0.990. The molecular formula is C24H18N2O6. The highest BCUT2D eigenvalue weighted by Gasteiger charge is 2.47. The highest BCUT2D eigenvalue weighted by atomic mass is 16.6. The number of anilines is 1. The maximum atomic E-state index is 13.1. The average molecular weight is 430 g/mol. The fraction of sp³-hybridized carbons (Fsp3) is 0.0833. The quantitative estimate of drug-likeness (QED) is 0.210. The van der Waals surface area contributed by atoms with E-state index in [4.69, 9.17) is 0 Å². The lowest BCUT2D eigenvalue weighted by molar-refractivity contribution is -0.384. The van der Waals surface area contributed by atoms with E-state index in [9.17, 15) is 29.9 Å². The summed E-state index contributed by atoms with van der Waals surface area (Å²) >= 11 is 0. The number of hydrogen-bond acceptors (Lipinski definition) is 6. The number of aliphatic hydroxyl groups is 1. The monoisotopic (exact) mass is 430 g/mol. The van der Waals surface area contributed by atoms with E-state index in [2.05, 4.69) is 0 Å². The molecule has 3 aromatic carbocycles. The van der Waals surface area contributed by atoms with E-state index in [1.807, 2.05) is 0 Å². The Bertz CT molecular complexity index is 1280. The molecule has 0 bridgehead atoms. The van der Waals surface area contributed by atoms with Crippen LogP contribution < -0.4 is 4.90 Å². The van der Waals surface area contributed by atoms with Crippen LogP contribution >= 0.6 is 0 Å². The van der Waals surface area contributed by atoms with E-state index >= 15 is 0 Å². The van der Waals surface area contributed by atoms with E-state index < -0.39 is 28.4 Å². The zero-order valence-electron chi connectivity index (χ0n) is 16.9. The van der Waals surface area contributed by atoms with Gasteiger partial charge in [-0.15, -0.1) is 0 Å². The lowest BCUT2D eigenvalue weighted by Crippen LogP contribution is -2.30. The molecule has 1 aliphatic rings. The number of ketones is 1. The number of para-hydroxylation sites is 1. The summed E-state index contributed by atoms with van der Waals surface area (Å²) in [4.78, 5) is 38.0. The van der Waals surface area contributed by atoms with Crippen LogP contribution in [0.15, 0.2) is 78.4 Å². The first-order valence-corrected chi connectivity index (χ1v) is 9.70. The number of nitrogens with zero attached hydrogens (tertiary/aromatic N) is 2. The molecule has 1 aliphatic heterocycles. The van der Waals surface area contributed by atoms with Crippen LogP contribution in [0.1, 0.15) is 22.7 Å². The average Bonchev–Trinajstić information content (AvgIpc) is 3.05. The minimum Gasteiger partial charge on any atom is -0.508 e. The van der Waals surface area contributed by atoms with Gasteiger partial charge in [0, 0.05) is 23.4 Å². The van der Waals surface area contributed by atoms with Crippen LogP contribution in [0.5, 0.6) is 5.75 Å². The number of aryl methyl sites for hydroxylation is 1. The number of nitro groups is 1. The van der Waals surface area contributed by atoms with Gasteiger partial charge in [0.15, 0.2) is 0 Å². The van der Waals surface area contributed by atoms with Gasteiger partial charge in [-0.25, -0.2) is 0 Å². The normalized spacial score (nSPS) is 17.5. The summed E-state index contributed by atoms with van der Waals surface area (Å²) in [6, 6.07) is 17.2. The molecular weight excluding hydrogens is 412 g/mol. The number of phenolic OH excluding ortho intramolecular Hbond substituents is 1. The van der Waals surface area contributed by atoms with Gasteiger partial charge in [0.25, 0.3) is 17.4 Å². The molecule has 8 nitrogen and oxygen atoms in total. The Morgan fingerprint density at radius 1 is 1.00 bits per heavy atom. The van der Waals surface area contributed by atoms with Gasteiger partial charge in [-0.05, 0) is 36.2 Å². The Hall–Kier alpha value is -4.46. The van der Waals surface area contributed by atoms with Crippen molar-refractivity contribution in [1.29, 1.82) is 0 Å². The maximum absolute atomic E-state index is 13.1. The molecule has 1 fully saturated rings. The largest absolute Gasteiger partial charge is 0.508 e. The third-order valence-corrected chi connectivity index (χ3v) is 5.36. The van der Waals surface area contributed by atoms with Crippen LogP contribution in [-0.2, 0) is 9.59 Å². The zero-order chi connectivity index (χ0) is 23.0. The zero-order valence-corrected chi connectivity index (χ0v) is 16.9. The van der Waals surface area contributed by atoms with Crippen LogP contribution in [0.4, 0.5) is 11.4 Å². The Morgan fingerprint density at radius 3 is 2.34 bits per heavy atom. The van der Waals surface area contributed by atoms with E-state index in [0.29, 0.717) is 11.3 Å². The lowest BCUT2D eigenvalue weighted by Gasteiger charge is -2.26. The van der Waals surface area contributed by atoms with E-state index in [-0.39, 0.29) is 22.6 Å². The summed E-state index contributed by atoms with van der Waals surface area (Å²) < 4.78 is 0. The summed E-state index contributed by atoms with van der Waals surface area (Å²) in [5.74, 6) is -2.25. The molecule has 1 amide bonds. The van der Waals surface area contributed by atoms with Crippen LogP contribution in [0, 0.1) is 17.0 Å². The van der Waals surface area contributed by atoms with Crippen molar-refractivity contribution in [2.45, 2.75) is 13.0 Å². The molecule has 1 unspecified atom stereocenters. The molecule has 0 radical (unpaired) electrons. The third-order valence-electron chi connectivity index (χ3n) is 5.36. The number of non-ortho nitro benzene ring substituents is 1. The van der Waals surface area contributed by atoms with Crippen molar-refractivity contribution >= 4 is 28.8 Å². The van der Waals surface area contributed by atoms with E-state index in [1.54, 1.807) is 43.3 Å². The summed E-state index contributed by atoms with van der Waals surface area (Å²) in [6.45, 7) is 1.79. The molecule has 1 heterocycles. The number of aromatic hydroxyl groups is 1. The standard InChI is InChI=1S/C24H18N2O6/c1-14-5-2-3-8-19(14)25-21(15-9-11-18(27)12-10-15)20(23(29)24(25)30)22(28)16-6-4-7-17(13-16)26(31)32/h2-13,21,27-28H,1H3/b22-20-. The fourth-order valence-electron chi connectivity index (χ4n) is 3.81. The van der Waals surface area contributed by atoms with Gasteiger partial charge in [0.05, 0.1) is 16.5 Å². The highest BCUT2D eigenvalue weighted by Crippen LogP contribution is 2.43. The number of carbonyl (C=O) groups excluding carboxylic acids is 2. The van der Waals surface area contributed by atoms with Crippen LogP contribution in [0.25, 0.3) is 5.76 Å². The summed E-state index contributed by atoms with van der Waals surface area (Å²) in [6.07, 6.45) is 0. The summed E-state index contributed by atoms with van der Waals surface area (Å²) in [7, 11) is 0.